The van der Waals surface area contributed by atoms with Gasteiger partial charge in [-0.15, -0.1) is 9.24 Å². The molecular weight excluding hydrogens is 175 g/mol. The zero-order chi connectivity index (χ0) is 9.73. The Hall–Kier alpha value is 0.430. The SMILES string of the molecule is CCCC1CCCCC1(P)CCC. The molecule has 0 aromatic rings. The first-order valence-electron chi connectivity index (χ1n) is 6.02. The fourth-order valence-corrected chi connectivity index (χ4v) is 3.74. The summed E-state index contributed by atoms with van der Waals surface area (Å²) in [6.07, 6.45) is 11.5. The van der Waals surface area contributed by atoms with Crippen LogP contribution in [0.5, 0.6) is 0 Å². The van der Waals surface area contributed by atoms with Gasteiger partial charge in [0, 0.05) is 0 Å². The Morgan fingerprint density at radius 3 is 2.62 bits per heavy atom. The van der Waals surface area contributed by atoms with Gasteiger partial charge in [0.15, 0.2) is 0 Å². The molecule has 3 atom stereocenters. The van der Waals surface area contributed by atoms with Gasteiger partial charge >= 0.3 is 0 Å². The van der Waals surface area contributed by atoms with Gasteiger partial charge in [-0.1, -0.05) is 39.5 Å². The molecule has 1 fully saturated rings. The third-order valence-corrected chi connectivity index (χ3v) is 4.66. The summed E-state index contributed by atoms with van der Waals surface area (Å²) in [4.78, 5) is 0. The maximum atomic E-state index is 3.20. The summed E-state index contributed by atoms with van der Waals surface area (Å²) in [5, 5.41) is 0.614. The number of hydrogen-bond acceptors (Lipinski definition) is 0. The van der Waals surface area contributed by atoms with Crippen LogP contribution in [-0.4, -0.2) is 5.16 Å². The minimum atomic E-state index is 0.614. The molecule has 0 nitrogen and oxygen atoms in total. The molecule has 1 rings (SSSR count). The molecule has 0 bridgehead atoms. The van der Waals surface area contributed by atoms with Crippen molar-refractivity contribution in [3.8, 4) is 0 Å². The van der Waals surface area contributed by atoms with Crippen LogP contribution in [0.25, 0.3) is 0 Å². The van der Waals surface area contributed by atoms with Gasteiger partial charge in [-0.05, 0) is 36.8 Å². The highest BCUT2D eigenvalue weighted by Crippen LogP contribution is 2.46. The highest BCUT2D eigenvalue weighted by atomic mass is 31.0. The van der Waals surface area contributed by atoms with Gasteiger partial charge in [-0.2, -0.15) is 0 Å². The molecule has 78 valence electrons. The van der Waals surface area contributed by atoms with Crippen molar-refractivity contribution in [2.45, 2.75) is 70.4 Å². The van der Waals surface area contributed by atoms with Gasteiger partial charge in [-0.3, -0.25) is 0 Å². The Labute approximate surface area is 86.1 Å². The molecule has 0 radical (unpaired) electrons. The zero-order valence-electron chi connectivity index (χ0n) is 9.31. The van der Waals surface area contributed by atoms with E-state index in [1.165, 1.54) is 51.4 Å². The van der Waals surface area contributed by atoms with Crippen molar-refractivity contribution in [2.75, 3.05) is 0 Å². The summed E-state index contributed by atoms with van der Waals surface area (Å²) in [7, 11) is 3.20. The molecule has 1 heteroatoms. The zero-order valence-corrected chi connectivity index (χ0v) is 10.5. The molecule has 0 aromatic heterocycles. The molecule has 1 aliphatic rings. The maximum Gasteiger partial charge on any atom is -0.0122 e. The monoisotopic (exact) mass is 200 g/mol. The lowest BCUT2D eigenvalue weighted by Gasteiger charge is -2.41. The van der Waals surface area contributed by atoms with Crippen molar-refractivity contribution in [2.24, 2.45) is 5.92 Å². The van der Waals surface area contributed by atoms with Gasteiger partial charge in [0.2, 0.25) is 0 Å². The van der Waals surface area contributed by atoms with E-state index in [9.17, 15) is 0 Å². The van der Waals surface area contributed by atoms with Crippen molar-refractivity contribution in [1.29, 1.82) is 0 Å². The van der Waals surface area contributed by atoms with Crippen molar-refractivity contribution >= 4 is 9.24 Å². The van der Waals surface area contributed by atoms with Crippen LogP contribution in [-0.2, 0) is 0 Å². The second kappa shape index (κ2) is 5.35. The van der Waals surface area contributed by atoms with E-state index in [4.69, 9.17) is 0 Å². The lowest BCUT2D eigenvalue weighted by molar-refractivity contribution is 0.242. The molecule has 3 unspecified atom stereocenters. The molecule has 0 spiro atoms. The van der Waals surface area contributed by atoms with E-state index in [-0.39, 0.29) is 0 Å². The first kappa shape index (κ1) is 11.5. The van der Waals surface area contributed by atoms with Gasteiger partial charge in [0.05, 0.1) is 0 Å². The Kier molecular flexibility index (Phi) is 4.73. The first-order chi connectivity index (χ1) is 6.23. The second-order valence-electron chi connectivity index (χ2n) is 4.71. The molecule has 13 heavy (non-hydrogen) atoms. The Balaban J connectivity index is 2.54. The third-order valence-electron chi connectivity index (χ3n) is 3.61. The van der Waals surface area contributed by atoms with Crippen molar-refractivity contribution < 1.29 is 0 Å². The van der Waals surface area contributed by atoms with E-state index < -0.39 is 0 Å². The fraction of sp³-hybridized carbons (Fsp3) is 1.00. The summed E-state index contributed by atoms with van der Waals surface area (Å²) in [6.45, 7) is 4.65. The molecule has 1 aliphatic carbocycles. The smallest absolute Gasteiger partial charge is 0.0122 e. The standard InChI is InChI=1S/C12H25P/c1-3-7-11-8-5-6-10-12(11,13)9-4-2/h11H,3-10,13H2,1-2H3. The van der Waals surface area contributed by atoms with Crippen LogP contribution in [0.15, 0.2) is 0 Å². The largest absolute Gasteiger partial charge is 0.131 e. The minimum Gasteiger partial charge on any atom is -0.131 e. The quantitative estimate of drug-likeness (QED) is 0.590. The predicted octanol–water partition coefficient (Wildman–Crippen LogP) is 4.39. The van der Waals surface area contributed by atoms with Gasteiger partial charge in [0.25, 0.3) is 0 Å². The van der Waals surface area contributed by atoms with Crippen molar-refractivity contribution in [3.05, 3.63) is 0 Å². The van der Waals surface area contributed by atoms with Gasteiger partial charge in [-0.25, -0.2) is 0 Å². The minimum absolute atomic E-state index is 0.614. The average Bonchev–Trinajstić information content (AvgIpc) is 2.10. The van der Waals surface area contributed by atoms with Crippen LogP contribution < -0.4 is 0 Å². The molecule has 0 saturated heterocycles. The molecule has 0 heterocycles. The Bertz CT molecular complexity index is 138. The Morgan fingerprint density at radius 1 is 1.23 bits per heavy atom. The van der Waals surface area contributed by atoms with E-state index in [0.717, 1.165) is 5.92 Å². The summed E-state index contributed by atoms with van der Waals surface area (Å²) in [5.41, 5.74) is 0. The molecule has 0 aliphatic heterocycles. The molecule has 0 N–H and O–H groups in total. The van der Waals surface area contributed by atoms with E-state index >= 15 is 0 Å². The van der Waals surface area contributed by atoms with Crippen LogP contribution in [0.3, 0.4) is 0 Å². The van der Waals surface area contributed by atoms with Gasteiger partial charge < -0.3 is 0 Å². The van der Waals surface area contributed by atoms with Crippen molar-refractivity contribution in [3.63, 3.8) is 0 Å². The lowest BCUT2D eigenvalue weighted by atomic mass is 9.74. The van der Waals surface area contributed by atoms with E-state index in [2.05, 4.69) is 23.1 Å². The summed E-state index contributed by atoms with van der Waals surface area (Å²) >= 11 is 0. The molecule has 0 aromatic carbocycles. The first-order valence-corrected chi connectivity index (χ1v) is 6.59. The molecule has 1 saturated carbocycles. The lowest BCUT2D eigenvalue weighted by Crippen LogP contribution is -2.34. The van der Waals surface area contributed by atoms with E-state index in [0.29, 0.717) is 5.16 Å². The molecular formula is C12H25P. The van der Waals surface area contributed by atoms with Crippen molar-refractivity contribution in [1.82, 2.24) is 0 Å². The Morgan fingerprint density at radius 2 is 2.00 bits per heavy atom. The van der Waals surface area contributed by atoms with Crippen LogP contribution in [0, 0.1) is 5.92 Å². The van der Waals surface area contributed by atoms with Gasteiger partial charge in [0.1, 0.15) is 0 Å². The third kappa shape index (κ3) is 2.94. The van der Waals surface area contributed by atoms with Crippen LogP contribution in [0.2, 0.25) is 0 Å². The average molecular weight is 200 g/mol. The van der Waals surface area contributed by atoms with Crippen LogP contribution in [0.1, 0.15) is 65.2 Å². The van der Waals surface area contributed by atoms with Crippen LogP contribution in [0.4, 0.5) is 0 Å². The second-order valence-corrected chi connectivity index (χ2v) is 5.86. The van der Waals surface area contributed by atoms with E-state index in [1.807, 2.05) is 0 Å². The summed E-state index contributed by atoms with van der Waals surface area (Å²) in [5.74, 6) is 0.996. The van der Waals surface area contributed by atoms with Crippen LogP contribution >= 0.6 is 9.24 Å². The summed E-state index contributed by atoms with van der Waals surface area (Å²) < 4.78 is 0. The van der Waals surface area contributed by atoms with E-state index in [1.54, 1.807) is 0 Å². The fourth-order valence-electron chi connectivity index (χ4n) is 2.91. The highest BCUT2D eigenvalue weighted by Gasteiger charge is 2.34. The molecule has 0 amide bonds. The summed E-state index contributed by atoms with van der Waals surface area (Å²) in [6, 6.07) is 0. The number of rotatable bonds is 4. The topological polar surface area (TPSA) is 0 Å². The number of hydrogen-bond donors (Lipinski definition) is 0. The normalized spacial score (nSPS) is 34.8. The predicted molar refractivity (Wildman–Crippen MR) is 64.2 cm³/mol. The maximum absolute atomic E-state index is 3.20. The highest BCUT2D eigenvalue weighted by molar-refractivity contribution is 7.19.